The fraction of sp³-hybridized carbons (Fsp3) is 0.462. The van der Waals surface area contributed by atoms with Crippen LogP contribution in [0.5, 0.6) is 0 Å². The lowest BCUT2D eigenvalue weighted by molar-refractivity contribution is 0.1000. The number of rotatable bonds is 6. The molecule has 0 saturated carbocycles. The Kier molecular flexibility index (Phi) is 5.93. The average Bonchev–Trinajstić information content (AvgIpc) is 2.47. The van der Waals surface area contributed by atoms with Gasteiger partial charge < -0.3 is 11.1 Å². The van der Waals surface area contributed by atoms with Crippen LogP contribution in [0.2, 0.25) is 0 Å². The minimum atomic E-state index is -3.67. The molecule has 0 bridgehead atoms. The number of primary amides is 1. The molecule has 0 spiro atoms. The Bertz CT molecular complexity index is 645. The number of piperazine rings is 1. The third-order valence-electron chi connectivity index (χ3n) is 3.40. The zero-order valence-electron chi connectivity index (χ0n) is 12.0. The van der Waals surface area contributed by atoms with E-state index in [2.05, 4.69) is 30.9 Å². The van der Waals surface area contributed by atoms with Crippen molar-refractivity contribution in [2.75, 3.05) is 39.3 Å². The van der Waals surface area contributed by atoms with Gasteiger partial charge in [0.25, 0.3) is 0 Å². The topological polar surface area (TPSA) is 105 Å². The van der Waals surface area contributed by atoms with Crippen molar-refractivity contribution >= 4 is 31.9 Å². The predicted octanol–water partition coefficient (Wildman–Crippen LogP) is -0.268. The van der Waals surface area contributed by atoms with Gasteiger partial charge in [-0.25, -0.2) is 13.1 Å². The van der Waals surface area contributed by atoms with Crippen LogP contribution >= 0.6 is 15.9 Å². The van der Waals surface area contributed by atoms with E-state index in [1.54, 1.807) is 0 Å². The molecule has 122 valence electrons. The van der Waals surface area contributed by atoms with E-state index in [9.17, 15) is 13.2 Å². The molecule has 1 aromatic carbocycles. The molecule has 0 aliphatic carbocycles. The fourth-order valence-electron chi connectivity index (χ4n) is 2.22. The number of carbonyl (C=O) groups excluding carboxylic acids is 1. The number of nitrogens with one attached hydrogen (secondary N) is 2. The first-order valence-corrected chi connectivity index (χ1v) is 9.19. The van der Waals surface area contributed by atoms with Crippen molar-refractivity contribution in [1.82, 2.24) is 14.9 Å². The second kappa shape index (κ2) is 7.51. The van der Waals surface area contributed by atoms with Crippen LogP contribution in [0.1, 0.15) is 10.4 Å². The SMILES string of the molecule is NC(=O)c1cc(Br)cc(S(=O)(=O)NCCN2CCNCC2)c1. The molecule has 1 aliphatic rings. The lowest BCUT2D eigenvalue weighted by atomic mass is 10.2. The number of nitrogens with zero attached hydrogens (tertiary/aromatic N) is 1. The third-order valence-corrected chi connectivity index (χ3v) is 5.29. The van der Waals surface area contributed by atoms with Gasteiger partial charge in [-0.15, -0.1) is 0 Å². The predicted molar refractivity (Wildman–Crippen MR) is 87.2 cm³/mol. The summed E-state index contributed by atoms with van der Waals surface area (Å²) in [5.41, 5.74) is 5.35. The van der Waals surface area contributed by atoms with Crippen LogP contribution in [0.15, 0.2) is 27.6 Å². The molecule has 7 nitrogen and oxygen atoms in total. The average molecular weight is 391 g/mol. The number of benzene rings is 1. The summed E-state index contributed by atoms with van der Waals surface area (Å²) in [6, 6.07) is 4.21. The number of amides is 1. The normalized spacial score (nSPS) is 16.6. The fourth-order valence-corrected chi connectivity index (χ4v) is 3.95. The maximum atomic E-state index is 12.3. The first kappa shape index (κ1) is 17.4. The lowest BCUT2D eigenvalue weighted by Gasteiger charge is -2.27. The van der Waals surface area contributed by atoms with E-state index in [1.165, 1.54) is 18.2 Å². The van der Waals surface area contributed by atoms with Gasteiger partial charge in [-0.1, -0.05) is 15.9 Å². The summed E-state index contributed by atoms with van der Waals surface area (Å²) in [6.07, 6.45) is 0. The Morgan fingerprint density at radius 1 is 1.32 bits per heavy atom. The van der Waals surface area contributed by atoms with Gasteiger partial charge in [-0.3, -0.25) is 9.69 Å². The molecule has 0 aromatic heterocycles. The van der Waals surface area contributed by atoms with Gasteiger partial charge >= 0.3 is 0 Å². The van der Waals surface area contributed by atoms with Crippen LogP contribution in [-0.2, 0) is 10.0 Å². The maximum Gasteiger partial charge on any atom is 0.248 e. The number of hydrogen-bond acceptors (Lipinski definition) is 5. The molecule has 9 heteroatoms. The number of halogens is 1. The Labute approximate surface area is 138 Å². The van der Waals surface area contributed by atoms with E-state index in [4.69, 9.17) is 5.73 Å². The van der Waals surface area contributed by atoms with E-state index in [-0.39, 0.29) is 10.5 Å². The standard InChI is InChI=1S/C13H19BrN4O3S/c14-11-7-10(13(15)19)8-12(9-11)22(20,21)17-3-6-18-4-1-16-2-5-18/h7-9,16-17H,1-6H2,(H2,15,19). The monoisotopic (exact) mass is 390 g/mol. The van der Waals surface area contributed by atoms with Gasteiger partial charge in [0.2, 0.25) is 15.9 Å². The van der Waals surface area contributed by atoms with Crippen LogP contribution < -0.4 is 15.8 Å². The molecule has 1 aromatic rings. The van der Waals surface area contributed by atoms with Crippen LogP contribution in [0, 0.1) is 0 Å². The van der Waals surface area contributed by atoms with Crippen molar-refractivity contribution in [3.05, 3.63) is 28.2 Å². The first-order chi connectivity index (χ1) is 10.4. The minimum absolute atomic E-state index is 0.0241. The molecular weight excluding hydrogens is 372 g/mol. The molecule has 2 rings (SSSR count). The van der Waals surface area contributed by atoms with E-state index in [1.807, 2.05) is 0 Å². The number of carbonyl (C=O) groups is 1. The summed E-state index contributed by atoms with van der Waals surface area (Å²) in [5, 5.41) is 3.24. The lowest BCUT2D eigenvalue weighted by Crippen LogP contribution is -2.46. The molecule has 0 atom stereocenters. The van der Waals surface area contributed by atoms with E-state index in [0.29, 0.717) is 17.6 Å². The van der Waals surface area contributed by atoms with Gasteiger partial charge in [-0.2, -0.15) is 0 Å². The molecule has 22 heavy (non-hydrogen) atoms. The van der Waals surface area contributed by atoms with Crippen LogP contribution in [0.3, 0.4) is 0 Å². The highest BCUT2D eigenvalue weighted by Gasteiger charge is 2.17. The minimum Gasteiger partial charge on any atom is -0.366 e. The Balaban J connectivity index is 2.01. The molecular formula is C13H19BrN4O3S. The van der Waals surface area contributed by atoms with E-state index >= 15 is 0 Å². The number of sulfonamides is 1. The van der Waals surface area contributed by atoms with Crippen molar-refractivity contribution in [3.63, 3.8) is 0 Å². The van der Waals surface area contributed by atoms with Crippen molar-refractivity contribution in [3.8, 4) is 0 Å². The van der Waals surface area contributed by atoms with Crippen LogP contribution in [-0.4, -0.2) is 58.5 Å². The molecule has 4 N–H and O–H groups in total. The molecule has 1 saturated heterocycles. The molecule has 1 amide bonds. The van der Waals surface area contributed by atoms with Gasteiger partial charge in [0, 0.05) is 49.3 Å². The number of nitrogens with two attached hydrogens (primary N) is 1. The Morgan fingerprint density at radius 2 is 2.00 bits per heavy atom. The summed E-state index contributed by atoms with van der Waals surface area (Å²) >= 11 is 3.19. The summed E-state index contributed by atoms with van der Waals surface area (Å²) in [5.74, 6) is -0.668. The third kappa shape index (κ3) is 4.75. The second-order valence-electron chi connectivity index (χ2n) is 5.03. The van der Waals surface area contributed by atoms with Crippen molar-refractivity contribution in [2.24, 2.45) is 5.73 Å². The van der Waals surface area contributed by atoms with Crippen molar-refractivity contribution in [2.45, 2.75) is 4.90 Å². The summed E-state index contributed by atoms with van der Waals surface area (Å²) in [4.78, 5) is 13.4. The van der Waals surface area contributed by atoms with E-state index < -0.39 is 15.9 Å². The Morgan fingerprint density at radius 3 is 2.64 bits per heavy atom. The molecule has 1 fully saturated rings. The number of hydrogen-bond donors (Lipinski definition) is 3. The molecule has 0 unspecified atom stereocenters. The second-order valence-corrected chi connectivity index (χ2v) is 7.71. The molecule has 1 aliphatic heterocycles. The smallest absolute Gasteiger partial charge is 0.248 e. The van der Waals surface area contributed by atoms with Gasteiger partial charge in [0.15, 0.2) is 0 Å². The Hall–Kier alpha value is -1.00. The van der Waals surface area contributed by atoms with Gasteiger partial charge in [0.05, 0.1) is 4.90 Å². The summed E-state index contributed by atoms with van der Waals surface area (Å²) < 4.78 is 27.6. The van der Waals surface area contributed by atoms with E-state index in [0.717, 1.165) is 26.2 Å². The van der Waals surface area contributed by atoms with Gasteiger partial charge in [0.1, 0.15) is 0 Å². The quantitative estimate of drug-likeness (QED) is 0.620. The highest BCUT2D eigenvalue weighted by molar-refractivity contribution is 9.10. The van der Waals surface area contributed by atoms with Gasteiger partial charge in [-0.05, 0) is 18.2 Å². The highest BCUT2D eigenvalue weighted by atomic mass is 79.9. The van der Waals surface area contributed by atoms with Crippen LogP contribution in [0.4, 0.5) is 0 Å². The largest absolute Gasteiger partial charge is 0.366 e. The van der Waals surface area contributed by atoms with Crippen molar-refractivity contribution < 1.29 is 13.2 Å². The van der Waals surface area contributed by atoms with Crippen LogP contribution in [0.25, 0.3) is 0 Å². The maximum absolute atomic E-state index is 12.3. The zero-order chi connectivity index (χ0) is 16.2. The zero-order valence-corrected chi connectivity index (χ0v) is 14.4. The first-order valence-electron chi connectivity index (χ1n) is 6.91. The summed E-state index contributed by atoms with van der Waals surface area (Å²) in [7, 11) is -3.67. The molecule has 0 radical (unpaired) electrons. The molecule has 1 heterocycles. The van der Waals surface area contributed by atoms with Crippen molar-refractivity contribution in [1.29, 1.82) is 0 Å². The highest BCUT2D eigenvalue weighted by Crippen LogP contribution is 2.19. The summed E-state index contributed by atoms with van der Waals surface area (Å²) in [6.45, 7) is 4.62.